The highest BCUT2D eigenvalue weighted by atomic mass is 35.5. The van der Waals surface area contributed by atoms with Gasteiger partial charge < -0.3 is 10.0 Å². The average molecular weight is 532 g/mol. The van der Waals surface area contributed by atoms with Crippen LogP contribution in [0.5, 0.6) is 0 Å². The van der Waals surface area contributed by atoms with Crippen LogP contribution in [0.1, 0.15) is 87.1 Å². The highest BCUT2D eigenvalue weighted by Gasteiger charge is 2.46. The third-order valence-electron chi connectivity index (χ3n) is 10.1. The molecule has 6 nitrogen and oxygen atoms in total. The predicted octanol–water partition coefficient (Wildman–Crippen LogP) is 6.04. The van der Waals surface area contributed by atoms with Crippen LogP contribution in [0.15, 0.2) is 41.2 Å². The molecule has 0 radical (unpaired) electrons. The van der Waals surface area contributed by atoms with E-state index in [1.807, 2.05) is 12.1 Å². The molecule has 2 unspecified atom stereocenters. The lowest BCUT2D eigenvalue weighted by atomic mass is 9.69. The Hall–Kier alpha value is -2.70. The minimum atomic E-state index is -0.638. The Morgan fingerprint density at radius 3 is 2.55 bits per heavy atom. The van der Waals surface area contributed by atoms with Crippen LogP contribution in [-0.2, 0) is 10.2 Å². The molecule has 1 N–H and O–H groups in total. The first-order valence-corrected chi connectivity index (χ1v) is 14.7. The molecule has 2 saturated carbocycles. The molecule has 4 aliphatic rings. The van der Waals surface area contributed by atoms with Gasteiger partial charge in [0, 0.05) is 6.04 Å². The van der Waals surface area contributed by atoms with E-state index in [1.54, 1.807) is 6.07 Å². The van der Waals surface area contributed by atoms with E-state index < -0.39 is 5.97 Å². The van der Waals surface area contributed by atoms with Gasteiger partial charge in [0.05, 0.1) is 32.9 Å². The Bertz CT molecular complexity index is 1480. The molecule has 2 aromatic carbocycles. The van der Waals surface area contributed by atoms with Crippen LogP contribution in [0.2, 0.25) is 5.02 Å². The van der Waals surface area contributed by atoms with Gasteiger partial charge in [0.1, 0.15) is 5.82 Å². The monoisotopic (exact) mass is 531 g/mol. The molecular formula is C31H34ClN3O3. The molecule has 198 valence electrons. The summed E-state index contributed by atoms with van der Waals surface area (Å²) < 4.78 is 2.24. The van der Waals surface area contributed by atoms with Crippen molar-refractivity contribution in [2.24, 2.45) is 5.92 Å². The Morgan fingerprint density at radius 1 is 1.03 bits per heavy atom. The Kier molecular flexibility index (Phi) is 5.89. The number of carboxylic acids is 1. The van der Waals surface area contributed by atoms with Crippen LogP contribution in [0.3, 0.4) is 0 Å². The normalized spacial score (nSPS) is 25.1. The van der Waals surface area contributed by atoms with Crippen LogP contribution in [-0.4, -0.2) is 44.7 Å². The highest BCUT2D eigenvalue weighted by Crippen LogP contribution is 2.52. The smallest absolute Gasteiger partial charge is 0.306 e. The Labute approximate surface area is 227 Å². The van der Waals surface area contributed by atoms with Crippen LogP contribution in [0.25, 0.3) is 16.6 Å². The number of nitrogens with zero attached hydrogens (tertiary/aromatic N) is 3. The van der Waals surface area contributed by atoms with E-state index in [0.29, 0.717) is 22.4 Å². The molecule has 2 aliphatic heterocycles. The quantitative estimate of drug-likeness (QED) is 0.446. The van der Waals surface area contributed by atoms with Gasteiger partial charge in [0.15, 0.2) is 0 Å². The van der Waals surface area contributed by atoms with Crippen molar-refractivity contribution in [2.45, 2.75) is 81.6 Å². The minimum absolute atomic E-state index is 0.176. The molecule has 3 fully saturated rings. The lowest BCUT2D eigenvalue weighted by molar-refractivity contribution is -0.141. The summed E-state index contributed by atoms with van der Waals surface area (Å²) in [5, 5.41) is 10.4. The van der Waals surface area contributed by atoms with Gasteiger partial charge >= 0.3 is 5.97 Å². The number of hydrogen-bond acceptors (Lipinski definition) is 4. The van der Waals surface area contributed by atoms with Crippen LogP contribution in [0.4, 0.5) is 0 Å². The van der Waals surface area contributed by atoms with Crippen LogP contribution >= 0.6 is 11.6 Å². The van der Waals surface area contributed by atoms with Gasteiger partial charge in [-0.05, 0) is 93.3 Å². The number of carboxylic acid groups (broad SMARTS) is 1. The van der Waals surface area contributed by atoms with Gasteiger partial charge in [-0.1, -0.05) is 49.1 Å². The van der Waals surface area contributed by atoms with Crippen molar-refractivity contribution in [2.75, 3.05) is 13.1 Å². The summed E-state index contributed by atoms with van der Waals surface area (Å²) in [5.74, 6) is 0.557. The van der Waals surface area contributed by atoms with Crippen LogP contribution < -0.4 is 5.56 Å². The second-order valence-electron chi connectivity index (χ2n) is 11.9. The van der Waals surface area contributed by atoms with Gasteiger partial charge in [-0.2, -0.15) is 4.98 Å². The molecular weight excluding hydrogens is 498 g/mol. The topological polar surface area (TPSA) is 75.4 Å². The number of aliphatic carboxylic acids is 1. The third kappa shape index (κ3) is 3.67. The summed E-state index contributed by atoms with van der Waals surface area (Å²) >= 11 is 6.52. The van der Waals surface area contributed by atoms with E-state index >= 15 is 0 Å². The van der Waals surface area contributed by atoms with Crippen molar-refractivity contribution in [1.29, 1.82) is 0 Å². The number of benzene rings is 2. The number of halogens is 1. The van der Waals surface area contributed by atoms with E-state index in [-0.39, 0.29) is 16.9 Å². The lowest BCUT2D eigenvalue weighted by Gasteiger charge is -2.36. The largest absolute Gasteiger partial charge is 0.481 e. The summed E-state index contributed by atoms with van der Waals surface area (Å²) in [5.41, 5.74) is 4.27. The standard InChI is InChI=1S/C31H34ClN3O3/c32-24-5-4-6-25-27(24)28(36)33-30-31(13-2-1-3-14-31)23-10-8-20(18-26(23)35(25)30)19-11-15-34(16-12-19)22-9-7-21(17-22)29(37)38/h4-6,8,10,18-19,21-22H,1-3,7,9,11-17H2,(H,37,38). The van der Waals surface area contributed by atoms with E-state index in [9.17, 15) is 14.7 Å². The Morgan fingerprint density at radius 2 is 1.82 bits per heavy atom. The molecule has 38 heavy (non-hydrogen) atoms. The summed E-state index contributed by atoms with van der Waals surface area (Å²) in [6.45, 7) is 2.04. The van der Waals surface area contributed by atoms with E-state index in [4.69, 9.17) is 16.6 Å². The fourth-order valence-electron chi connectivity index (χ4n) is 8.06. The van der Waals surface area contributed by atoms with Crippen molar-refractivity contribution in [3.63, 3.8) is 0 Å². The first-order valence-electron chi connectivity index (χ1n) is 14.3. The third-order valence-corrected chi connectivity index (χ3v) is 10.4. The number of carbonyl (C=O) groups is 1. The first kappa shape index (κ1) is 24.3. The predicted molar refractivity (Wildman–Crippen MR) is 149 cm³/mol. The molecule has 1 spiro atoms. The first-order chi connectivity index (χ1) is 18.5. The number of likely N-dealkylation sites (tertiary alicyclic amines) is 1. The summed E-state index contributed by atoms with van der Waals surface area (Å²) in [6, 6.07) is 13.1. The molecule has 1 aromatic heterocycles. The van der Waals surface area contributed by atoms with Gasteiger partial charge in [0.2, 0.25) is 0 Å². The molecule has 2 aliphatic carbocycles. The molecule has 3 aromatic rings. The molecule has 3 heterocycles. The van der Waals surface area contributed by atoms with Crippen molar-refractivity contribution >= 4 is 28.5 Å². The van der Waals surface area contributed by atoms with Crippen molar-refractivity contribution in [3.8, 4) is 5.69 Å². The SMILES string of the molecule is O=C(O)C1CCC(N2CCC(c3ccc4c(c3)-n3c(nc(=O)c5c(Cl)cccc53)C43CCCCC3)CC2)C1. The fraction of sp³-hybridized carbons (Fsp3) is 0.516. The second-order valence-corrected chi connectivity index (χ2v) is 12.3. The average Bonchev–Trinajstić information content (AvgIpc) is 3.52. The summed E-state index contributed by atoms with van der Waals surface area (Å²) in [6.07, 6.45) is 10.3. The lowest BCUT2D eigenvalue weighted by Crippen LogP contribution is -2.40. The highest BCUT2D eigenvalue weighted by molar-refractivity contribution is 6.35. The zero-order valence-corrected chi connectivity index (χ0v) is 22.4. The summed E-state index contributed by atoms with van der Waals surface area (Å²) in [4.78, 5) is 31.9. The van der Waals surface area contributed by atoms with Gasteiger partial charge in [-0.3, -0.25) is 14.2 Å². The van der Waals surface area contributed by atoms with E-state index in [2.05, 4.69) is 27.7 Å². The van der Waals surface area contributed by atoms with Crippen molar-refractivity contribution in [1.82, 2.24) is 14.5 Å². The molecule has 7 rings (SSSR count). The zero-order chi connectivity index (χ0) is 26.0. The Balaban J connectivity index is 1.24. The molecule has 7 heteroatoms. The summed E-state index contributed by atoms with van der Waals surface area (Å²) in [7, 11) is 0. The molecule has 2 atom stereocenters. The fourth-order valence-corrected chi connectivity index (χ4v) is 8.31. The second kappa shape index (κ2) is 9.20. The number of piperidine rings is 1. The van der Waals surface area contributed by atoms with E-state index in [0.717, 1.165) is 82.2 Å². The zero-order valence-electron chi connectivity index (χ0n) is 21.7. The minimum Gasteiger partial charge on any atom is -0.481 e. The van der Waals surface area contributed by atoms with Gasteiger partial charge in [-0.25, -0.2) is 0 Å². The number of aromatic nitrogens is 2. The van der Waals surface area contributed by atoms with Gasteiger partial charge in [-0.15, -0.1) is 0 Å². The molecule has 1 saturated heterocycles. The molecule has 0 amide bonds. The number of hydrogen-bond donors (Lipinski definition) is 1. The maximum absolute atomic E-state index is 13.2. The molecule has 0 bridgehead atoms. The van der Waals surface area contributed by atoms with Crippen molar-refractivity contribution in [3.05, 3.63) is 68.7 Å². The number of fused-ring (bicyclic) bond motifs is 7. The maximum atomic E-state index is 13.2. The number of rotatable bonds is 3. The van der Waals surface area contributed by atoms with Gasteiger partial charge in [0.25, 0.3) is 5.56 Å². The van der Waals surface area contributed by atoms with Crippen LogP contribution in [0, 0.1) is 5.92 Å². The van der Waals surface area contributed by atoms with Crippen molar-refractivity contribution < 1.29 is 9.90 Å². The maximum Gasteiger partial charge on any atom is 0.306 e. The van der Waals surface area contributed by atoms with E-state index in [1.165, 1.54) is 23.2 Å².